The van der Waals surface area contributed by atoms with Gasteiger partial charge in [0.05, 0.1) is 18.2 Å². The standard InChI is InChI=1S/C18H13F3N2O3/c1-26-11-5-2-4-10(8-11)23-17(25)13-9-22-15-12(16(13)24)6-3-7-14(15)18(19,20)21/h2-9H,1H3,(H,22,24)(H,23,25). The monoisotopic (exact) mass is 362 g/mol. The number of hydrogen-bond donors (Lipinski definition) is 2. The highest BCUT2D eigenvalue weighted by Gasteiger charge is 2.33. The predicted molar refractivity (Wildman–Crippen MR) is 90.5 cm³/mol. The van der Waals surface area contributed by atoms with Gasteiger partial charge in [0.25, 0.3) is 5.91 Å². The first-order chi connectivity index (χ1) is 12.3. The summed E-state index contributed by atoms with van der Waals surface area (Å²) in [6.07, 6.45) is -3.64. The van der Waals surface area contributed by atoms with Crippen LogP contribution >= 0.6 is 0 Å². The van der Waals surface area contributed by atoms with Gasteiger partial charge in [-0.05, 0) is 24.3 Å². The van der Waals surface area contributed by atoms with Gasteiger partial charge in [0.2, 0.25) is 5.43 Å². The molecule has 0 saturated heterocycles. The summed E-state index contributed by atoms with van der Waals surface area (Å²) >= 11 is 0. The average Bonchev–Trinajstić information content (AvgIpc) is 2.61. The third-order valence-corrected chi connectivity index (χ3v) is 3.79. The van der Waals surface area contributed by atoms with E-state index in [1.54, 1.807) is 24.3 Å². The van der Waals surface area contributed by atoms with Crippen molar-refractivity contribution in [2.24, 2.45) is 0 Å². The number of carbonyl (C=O) groups excluding carboxylic acids is 1. The zero-order valence-corrected chi connectivity index (χ0v) is 13.5. The van der Waals surface area contributed by atoms with E-state index in [1.807, 2.05) is 0 Å². The summed E-state index contributed by atoms with van der Waals surface area (Å²) in [5.41, 5.74) is -2.02. The van der Waals surface area contributed by atoms with E-state index in [1.165, 1.54) is 13.2 Å². The van der Waals surface area contributed by atoms with Gasteiger partial charge in [0, 0.05) is 23.3 Å². The van der Waals surface area contributed by atoms with Gasteiger partial charge in [-0.1, -0.05) is 12.1 Å². The van der Waals surface area contributed by atoms with Gasteiger partial charge in [-0.2, -0.15) is 13.2 Å². The summed E-state index contributed by atoms with van der Waals surface area (Å²) in [5, 5.41) is 2.31. The second-order valence-electron chi connectivity index (χ2n) is 5.44. The van der Waals surface area contributed by atoms with Crippen molar-refractivity contribution in [3.8, 4) is 5.75 Å². The third kappa shape index (κ3) is 3.26. The lowest BCUT2D eigenvalue weighted by Gasteiger charge is -2.11. The normalized spacial score (nSPS) is 11.4. The molecule has 0 aliphatic rings. The van der Waals surface area contributed by atoms with Crippen LogP contribution in [-0.4, -0.2) is 18.0 Å². The molecule has 0 atom stereocenters. The molecule has 0 saturated carbocycles. The van der Waals surface area contributed by atoms with Crippen LogP contribution in [0.1, 0.15) is 15.9 Å². The van der Waals surface area contributed by atoms with Crippen molar-refractivity contribution in [3.63, 3.8) is 0 Å². The molecule has 2 aromatic carbocycles. The third-order valence-electron chi connectivity index (χ3n) is 3.79. The number of anilines is 1. The molecule has 0 aliphatic carbocycles. The number of nitrogens with one attached hydrogen (secondary N) is 2. The van der Waals surface area contributed by atoms with E-state index < -0.39 is 23.1 Å². The van der Waals surface area contributed by atoms with Crippen molar-refractivity contribution in [1.82, 2.24) is 4.98 Å². The minimum atomic E-state index is -4.62. The van der Waals surface area contributed by atoms with Crippen LogP contribution in [0.4, 0.5) is 18.9 Å². The largest absolute Gasteiger partial charge is 0.497 e. The number of amides is 1. The molecule has 0 unspecified atom stereocenters. The number of aromatic amines is 1. The minimum absolute atomic E-state index is 0.210. The van der Waals surface area contributed by atoms with Crippen LogP contribution in [-0.2, 0) is 6.18 Å². The number of carbonyl (C=O) groups is 1. The predicted octanol–water partition coefficient (Wildman–Crippen LogP) is 3.81. The summed E-state index contributed by atoms with van der Waals surface area (Å²) in [6, 6.07) is 9.71. The van der Waals surface area contributed by atoms with Gasteiger partial charge < -0.3 is 15.0 Å². The molecule has 0 fully saturated rings. The molecule has 1 amide bonds. The maximum absolute atomic E-state index is 13.1. The van der Waals surface area contributed by atoms with Gasteiger partial charge in [-0.25, -0.2) is 0 Å². The molecule has 3 aromatic rings. The minimum Gasteiger partial charge on any atom is -0.497 e. The van der Waals surface area contributed by atoms with Crippen LogP contribution in [0.25, 0.3) is 10.9 Å². The Kier molecular flexibility index (Phi) is 4.41. The fourth-order valence-electron chi connectivity index (χ4n) is 2.56. The van der Waals surface area contributed by atoms with Crippen LogP contribution in [0.3, 0.4) is 0 Å². The van der Waals surface area contributed by atoms with E-state index in [2.05, 4.69) is 10.3 Å². The zero-order valence-electron chi connectivity index (χ0n) is 13.5. The fourth-order valence-corrected chi connectivity index (χ4v) is 2.56. The number of alkyl halides is 3. The van der Waals surface area contributed by atoms with Crippen molar-refractivity contribution in [3.05, 3.63) is 70.0 Å². The Morgan fingerprint density at radius 2 is 1.88 bits per heavy atom. The average molecular weight is 362 g/mol. The lowest BCUT2D eigenvalue weighted by molar-refractivity contribution is -0.136. The first-order valence-corrected chi connectivity index (χ1v) is 7.48. The molecule has 5 nitrogen and oxygen atoms in total. The molecule has 2 N–H and O–H groups in total. The number of pyridine rings is 1. The lowest BCUT2D eigenvalue weighted by Crippen LogP contribution is -2.22. The van der Waals surface area contributed by atoms with E-state index in [4.69, 9.17) is 4.74 Å². The maximum Gasteiger partial charge on any atom is 0.418 e. The second kappa shape index (κ2) is 6.55. The van der Waals surface area contributed by atoms with Crippen LogP contribution in [0, 0.1) is 0 Å². The Labute approximate surface area is 145 Å². The van der Waals surface area contributed by atoms with E-state index in [9.17, 15) is 22.8 Å². The van der Waals surface area contributed by atoms with Gasteiger partial charge in [0.1, 0.15) is 11.3 Å². The highest BCUT2D eigenvalue weighted by atomic mass is 19.4. The van der Waals surface area contributed by atoms with Crippen molar-refractivity contribution in [1.29, 1.82) is 0 Å². The summed E-state index contributed by atoms with van der Waals surface area (Å²) in [7, 11) is 1.47. The molecule has 134 valence electrons. The molecule has 0 spiro atoms. The number of hydrogen-bond acceptors (Lipinski definition) is 3. The fraction of sp³-hybridized carbons (Fsp3) is 0.111. The number of benzene rings is 2. The van der Waals surface area contributed by atoms with Crippen LogP contribution < -0.4 is 15.5 Å². The lowest BCUT2D eigenvalue weighted by atomic mass is 10.1. The number of rotatable bonds is 3. The first-order valence-electron chi connectivity index (χ1n) is 7.48. The summed E-state index contributed by atoms with van der Waals surface area (Å²) in [6.45, 7) is 0. The SMILES string of the molecule is COc1cccc(NC(=O)c2c[nH]c3c(C(F)(F)F)cccc3c2=O)c1. The number of methoxy groups -OCH3 is 1. The number of ether oxygens (including phenoxy) is 1. The molecule has 3 rings (SSSR count). The molecule has 0 bridgehead atoms. The zero-order chi connectivity index (χ0) is 18.9. The molecule has 26 heavy (non-hydrogen) atoms. The number of H-pyrrole nitrogens is 1. The Morgan fingerprint density at radius 3 is 2.58 bits per heavy atom. The molecule has 0 aliphatic heterocycles. The highest BCUT2D eigenvalue weighted by molar-refractivity contribution is 6.05. The van der Waals surface area contributed by atoms with Gasteiger partial charge in [0.15, 0.2) is 0 Å². The summed E-state index contributed by atoms with van der Waals surface area (Å²) in [5.74, 6) is -0.233. The topological polar surface area (TPSA) is 71.2 Å². The molecule has 0 radical (unpaired) electrons. The van der Waals surface area contributed by atoms with Crippen molar-refractivity contribution >= 4 is 22.5 Å². The van der Waals surface area contributed by atoms with Gasteiger partial charge in [-0.15, -0.1) is 0 Å². The van der Waals surface area contributed by atoms with Crippen molar-refractivity contribution in [2.45, 2.75) is 6.18 Å². The van der Waals surface area contributed by atoms with Crippen LogP contribution in [0.2, 0.25) is 0 Å². The highest BCUT2D eigenvalue weighted by Crippen LogP contribution is 2.33. The quantitative estimate of drug-likeness (QED) is 0.744. The summed E-state index contributed by atoms with van der Waals surface area (Å²) in [4.78, 5) is 27.3. The Bertz CT molecular complexity index is 1040. The molecular formula is C18H13F3N2O3. The van der Waals surface area contributed by atoms with E-state index in [0.717, 1.165) is 18.3 Å². The Morgan fingerprint density at radius 1 is 1.15 bits per heavy atom. The molecule has 1 aromatic heterocycles. The Hall–Kier alpha value is -3.29. The van der Waals surface area contributed by atoms with E-state index in [-0.39, 0.29) is 16.5 Å². The van der Waals surface area contributed by atoms with Crippen LogP contribution in [0.5, 0.6) is 5.75 Å². The van der Waals surface area contributed by atoms with E-state index >= 15 is 0 Å². The first kappa shape index (κ1) is 17.5. The van der Waals surface area contributed by atoms with E-state index in [0.29, 0.717) is 11.4 Å². The molecule has 8 heteroatoms. The van der Waals surface area contributed by atoms with Gasteiger partial charge >= 0.3 is 6.18 Å². The number of para-hydroxylation sites is 1. The molecule has 1 heterocycles. The number of aromatic nitrogens is 1. The smallest absolute Gasteiger partial charge is 0.418 e. The second-order valence-corrected chi connectivity index (χ2v) is 5.44. The Balaban J connectivity index is 2.02. The van der Waals surface area contributed by atoms with Crippen LogP contribution in [0.15, 0.2) is 53.5 Å². The maximum atomic E-state index is 13.1. The summed E-state index contributed by atoms with van der Waals surface area (Å²) < 4.78 is 44.2. The van der Waals surface area contributed by atoms with Crippen molar-refractivity contribution < 1.29 is 22.7 Å². The number of halogens is 3. The molecular weight excluding hydrogens is 349 g/mol. The number of fused-ring (bicyclic) bond motifs is 1. The van der Waals surface area contributed by atoms with Gasteiger partial charge in [-0.3, -0.25) is 9.59 Å². The van der Waals surface area contributed by atoms with Crippen molar-refractivity contribution in [2.75, 3.05) is 12.4 Å².